The van der Waals surface area contributed by atoms with Crippen LogP contribution < -0.4 is 10.6 Å². The van der Waals surface area contributed by atoms with Gasteiger partial charge in [-0.05, 0) is 61.2 Å². The molecule has 2 aromatic rings. The Labute approximate surface area is 188 Å². The molecule has 0 heterocycles. The molecule has 0 radical (unpaired) electrons. The number of rotatable bonds is 7. The number of hydrogen-bond acceptors (Lipinski definition) is 4. The van der Waals surface area contributed by atoms with Crippen LogP contribution in [0.25, 0.3) is 0 Å². The number of carbonyl (C=O) groups is 3. The summed E-state index contributed by atoms with van der Waals surface area (Å²) < 4.78 is 19.8. The summed E-state index contributed by atoms with van der Waals surface area (Å²) in [5, 5.41) is 5.16. The van der Waals surface area contributed by atoms with Gasteiger partial charge in [0.2, 0.25) is 5.91 Å². The molecule has 1 saturated carbocycles. The van der Waals surface area contributed by atoms with Crippen molar-refractivity contribution in [2.45, 2.75) is 38.0 Å². The Morgan fingerprint density at radius 1 is 1.10 bits per heavy atom. The lowest BCUT2D eigenvalue weighted by atomic mass is 9.79. The lowest BCUT2D eigenvalue weighted by Crippen LogP contribution is -2.39. The number of carbonyl (C=O) groups excluding carboxylic acids is 3. The second-order valence-electron chi connectivity index (χ2n) is 7.66. The van der Waals surface area contributed by atoms with Crippen LogP contribution in [0.5, 0.6) is 0 Å². The van der Waals surface area contributed by atoms with Crippen LogP contribution in [0.4, 0.5) is 10.1 Å². The quantitative estimate of drug-likeness (QED) is 0.574. The van der Waals surface area contributed by atoms with Crippen LogP contribution in [-0.4, -0.2) is 30.9 Å². The molecule has 164 valence electrons. The van der Waals surface area contributed by atoms with E-state index in [0.717, 1.165) is 22.9 Å². The molecule has 3 rings (SSSR count). The van der Waals surface area contributed by atoms with Crippen LogP contribution in [0.3, 0.4) is 0 Å². The van der Waals surface area contributed by atoms with Gasteiger partial charge < -0.3 is 15.4 Å². The fourth-order valence-electron chi connectivity index (χ4n) is 3.84. The van der Waals surface area contributed by atoms with E-state index in [1.807, 2.05) is 13.0 Å². The van der Waals surface area contributed by atoms with Gasteiger partial charge in [-0.3, -0.25) is 14.4 Å². The molecule has 6 nitrogen and oxygen atoms in total. The predicted octanol–water partition coefficient (Wildman–Crippen LogP) is 4.01. The highest BCUT2D eigenvalue weighted by Gasteiger charge is 2.44. The van der Waals surface area contributed by atoms with Crippen molar-refractivity contribution in [1.29, 1.82) is 0 Å². The average molecular weight is 491 g/mol. The van der Waals surface area contributed by atoms with Gasteiger partial charge in [0.1, 0.15) is 5.82 Å². The lowest BCUT2D eigenvalue weighted by Gasteiger charge is -2.27. The second kappa shape index (κ2) is 10.0. The summed E-state index contributed by atoms with van der Waals surface area (Å²) in [5.74, 6) is -1.93. The third kappa shape index (κ3) is 5.70. The van der Waals surface area contributed by atoms with Crippen LogP contribution >= 0.6 is 15.9 Å². The zero-order valence-corrected chi connectivity index (χ0v) is 18.8. The number of aryl methyl sites for hydroxylation is 1. The van der Waals surface area contributed by atoms with E-state index in [1.165, 1.54) is 12.1 Å². The standard InChI is InChI=1S/C23H24BrFN2O4/c1-15-11-17(24)7-8-19(15)27-20(28)13-26-21(29)14-31-22(30)23(9-2-3-10-23)16-5-4-6-18(25)12-16/h4-8,11-12H,2-3,9-10,13-14H2,1H3,(H,26,29)(H,27,28). The molecule has 8 heteroatoms. The Balaban J connectivity index is 1.51. The van der Waals surface area contributed by atoms with Gasteiger partial charge in [-0.15, -0.1) is 0 Å². The molecule has 2 N–H and O–H groups in total. The topological polar surface area (TPSA) is 84.5 Å². The van der Waals surface area contributed by atoms with Gasteiger partial charge in [-0.1, -0.05) is 40.9 Å². The highest BCUT2D eigenvalue weighted by molar-refractivity contribution is 9.10. The molecule has 0 spiro atoms. The third-order valence-electron chi connectivity index (χ3n) is 5.47. The summed E-state index contributed by atoms with van der Waals surface area (Å²) in [5.41, 5.74) is 1.16. The number of ether oxygens (including phenoxy) is 1. The number of nitrogens with one attached hydrogen (secondary N) is 2. The zero-order valence-electron chi connectivity index (χ0n) is 17.2. The molecule has 1 aliphatic rings. The summed E-state index contributed by atoms with van der Waals surface area (Å²) in [6.07, 6.45) is 2.75. The van der Waals surface area contributed by atoms with Crippen LogP contribution in [0, 0.1) is 12.7 Å². The number of esters is 1. The molecule has 2 aromatic carbocycles. The van der Waals surface area contributed by atoms with Gasteiger partial charge in [0.25, 0.3) is 5.91 Å². The molecule has 1 aliphatic carbocycles. The smallest absolute Gasteiger partial charge is 0.317 e. The first-order valence-electron chi connectivity index (χ1n) is 10.1. The molecular weight excluding hydrogens is 467 g/mol. The maximum atomic E-state index is 13.7. The monoisotopic (exact) mass is 490 g/mol. The summed E-state index contributed by atoms with van der Waals surface area (Å²) in [6, 6.07) is 11.4. The Hall–Kier alpha value is -2.74. The van der Waals surface area contributed by atoms with Crippen LogP contribution in [0.1, 0.15) is 36.8 Å². The van der Waals surface area contributed by atoms with Crippen LogP contribution in [0.2, 0.25) is 0 Å². The SMILES string of the molecule is Cc1cc(Br)ccc1NC(=O)CNC(=O)COC(=O)C1(c2cccc(F)c2)CCCC1. The lowest BCUT2D eigenvalue weighted by molar-refractivity contribution is -0.154. The van der Waals surface area contributed by atoms with E-state index in [4.69, 9.17) is 4.74 Å². The number of anilines is 1. The molecule has 1 fully saturated rings. The van der Waals surface area contributed by atoms with Crippen molar-refractivity contribution < 1.29 is 23.5 Å². The Bertz CT molecular complexity index is 989. The predicted molar refractivity (Wildman–Crippen MR) is 118 cm³/mol. The summed E-state index contributed by atoms with van der Waals surface area (Å²) >= 11 is 3.36. The third-order valence-corrected chi connectivity index (χ3v) is 5.96. The van der Waals surface area contributed by atoms with Crippen molar-refractivity contribution in [3.63, 3.8) is 0 Å². The van der Waals surface area contributed by atoms with E-state index in [2.05, 4.69) is 26.6 Å². The molecule has 0 aliphatic heterocycles. The van der Waals surface area contributed by atoms with Gasteiger partial charge in [-0.25, -0.2) is 4.39 Å². The molecule has 31 heavy (non-hydrogen) atoms. The van der Waals surface area contributed by atoms with Crippen molar-refractivity contribution >= 4 is 39.4 Å². The van der Waals surface area contributed by atoms with Crippen molar-refractivity contribution in [1.82, 2.24) is 5.32 Å². The molecule has 0 bridgehead atoms. The number of halogens is 2. The number of hydrogen-bond donors (Lipinski definition) is 2. The minimum atomic E-state index is -0.932. The van der Waals surface area contributed by atoms with Gasteiger partial charge in [0.15, 0.2) is 6.61 Å². The van der Waals surface area contributed by atoms with E-state index in [1.54, 1.807) is 24.3 Å². The fourth-order valence-corrected chi connectivity index (χ4v) is 4.31. The Morgan fingerprint density at radius 2 is 1.84 bits per heavy atom. The average Bonchev–Trinajstić information content (AvgIpc) is 3.24. The molecule has 0 aromatic heterocycles. The largest absolute Gasteiger partial charge is 0.455 e. The van der Waals surface area contributed by atoms with E-state index >= 15 is 0 Å². The maximum absolute atomic E-state index is 13.7. The maximum Gasteiger partial charge on any atom is 0.317 e. The van der Waals surface area contributed by atoms with Crippen molar-refractivity contribution in [3.05, 3.63) is 63.9 Å². The van der Waals surface area contributed by atoms with Gasteiger partial charge in [0, 0.05) is 10.2 Å². The van der Waals surface area contributed by atoms with Gasteiger partial charge >= 0.3 is 5.97 Å². The Kier molecular flexibility index (Phi) is 7.43. The van der Waals surface area contributed by atoms with E-state index in [9.17, 15) is 18.8 Å². The fraction of sp³-hybridized carbons (Fsp3) is 0.348. The second-order valence-corrected chi connectivity index (χ2v) is 8.58. The molecule has 2 amide bonds. The van der Waals surface area contributed by atoms with Crippen LogP contribution in [0.15, 0.2) is 46.9 Å². The molecule has 0 saturated heterocycles. The first-order chi connectivity index (χ1) is 14.8. The van der Waals surface area contributed by atoms with E-state index < -0.39 is 35.6 Å². The van der Waals surface area contributed by atoms with Crippen molar-refractivity contribution in [2.75, 3.05) is 18.5 Å². The number of amides is 2. The molecule has 0 unspecified atom stereocenters. The van der Waals surface area contributed by atoms with Crippen molar-refractivity contribution in [2.24, 2.45) is 0 Å². The highest BCUT2D eigenvalue weighted by Crippen LogP contribution is 2.42. The highest BCUT2D eigenvalue weighted by atomic mass is 79.9. The van der Waals surface area contributed by atoms with Crippen molar-refractivity contribution in [3.8, 4) is 0 Å². The zero-order chi connectivity index (χ0) is 22.4. The minimum Gasteiger partial charge on any atom is -0.455 e. The normalized spacial score (nSPS) is 14.7. The summed E-state index contributed by atoms with van der Waals surface area (Å²) in [7, 11) is 0. The minimum absolute atomic E-state index is 0.249. The summed E-state index contributed by atoms with van der Waals surface area (Å²) in [6.45, 7) is 1.11. The van der Waals surface area contributed by atoms with Crippen LogP contribution in [-0.2, 0) is 24.5 Å². The Morgan fingerprint density at radius 3 is 2.52 bits per heavy atom. The van der Waals surface area contributed by atoms with E-state index in [0.29, 0.717) is 24.1 Å². The molecular formula is C23H24BrFN2O4. The van der Waals surface area contributed by atoms with Gasteiger partial charge in [-0.2, -0.15) is 0 Å². The summed E-state index contributed by atoms with van der Waals surface area (Å²) in [4.78, 5) is 37.0. The first-order valence-corrected chi connectivity index (χ1v) is 10.9. The molecule has 0 atom stereocenters. The first kappa shape index (κ1) is 22.9. The van der Waals surface area contributed by atoms with Gasteiger partial charge in [0.05, 0.1) is 12.0 Å². The number of benzene rings is 2. The van der Waals surface area contributed by atoms with E-state index in [-0.39, 0.29) is 6.54 Å².